The van der Waals surface area contributed by atoms with Crippen LogP contribution in [0.5, 0.6) is 0 Å². The zero-order valence-corrected chi connectivity index (χ0v) is 13.3. The number of rotatable bonds is 4. The van der Waals surface area contributed by atoms with Gasteiger partial charge in [0.25, 0.3) is 5.91 Å². The molecule has 1 aromatic carbocycles. The maximum atomic E-state index is 12.4. The van der Waals surface area contributed by atoms with Crippen LogP contribution in [-0.4, -0.2) is 41.1 Å². The Kier molecular flexibility index (Phi) is 3.65. The lowest BCUT2D eigenvalue weighted by molar-refractivity contribution is 0.102. The van der Waals surface area contributed by atoms with Crippen molar-refractivity contribution in [3.63, 3.8) is 0 Å². The van der Waals surface area contributed by atoms with Gasteiger partial charge < -0.3 is 4.98 Å². The van der Waals surface area contributed by atoms with E-state index in [2.05, 4.69) is 35.8 Å². The highest BCUT2D eigenvalue weighted by atomic mass is 16.1. The van der Waals surface area contributed by atoms with Crippen molar-refractivity contribution in [3.8, 4) is 11.5 Å². The number of fused-ring (bicyclic) bond motifs is 1. The number of aromatic amines is 1. The number of aryl methyl sites for hydroxylation is 1. The number of hydrogen-bond donors (Lipinski definition) is 2. The number of amides is 1. The summed E-state index contributed by atoms with van der Waals surface area (Å²) in [6, 6.07) is 10.7. The number of pyridine rings is 1. The van der Waals surface area contributed by atoms with E-state index in [1.54, 1.807) is 29.1 Å². The topological polar surface area (TPSA) is 114 Å². The SMILES string of the molecule is CCn1nnc2cc(C(=O)Nc3nnc(-c4ccccn4)[nH]3)ccc21. The smallest absolute Gasteiger partial charge is 0.258 e. The van der Waals surface area contributed by atoms with E-state index in [0.717, 1.165) is 12.1 Å². The molecule has 0 fully saturated rings. The molecule has 0 atom stereocenters. The first-order valence-electron chi connectivity index (χ1n) is 7.73. The molecule has 0 aliphatic heterocycles. The van der Waals surface area contributed by atoms with Gasteiger partial charge in [0.1, 0.15) is 11.2 Å². The van der Waals surface area contributed by atoms with E-state index in [9.17, 15) is 4.79 Å². The van der Waals surface area contributed by atoms with E-state index in [1.807, 2.05) is 25.1 Å². The second-order valence-corrected chi connectivity index (χ2v) is 5.30. The average Bonchev–Trinajstić information content (AvgIpc) is 3.28. The van der Waals surface area contributed by atoms with Gasteiger partial charge in [0.15, 0.2) is 5.82 Å². The van der Waals surface area contributed by atoms with Gasteiger partial charge >= 0.3 is 0 Å². The fourth-order valence-corrected chi connectivity index (χ4v) is 2.46. The number of carbonyl (C=O) groups excluding carboxylic acids is 1. The molecular weight excluding hydrogens is 320 g/mol. The molecule has 9 heteroatoms. The van der Waals surface area contributed by atoms with E-state index < -0.39 is 0 Å². The lowest BCUT2D eigenvalue weighted by Crippen LogP contribution is -2.13. The molecule has 0 bridgehead atoms. The Balaban J connectivity index is 1.55. The van der Waals surface area contributed by atoms with Gasteiger partial charge in [-0.25, -0.2) is 4.68 Å². The van der Waals surface area contributed by atoms with Gasteiger partial charge in [0.05, 0.1) is 5.52 Å². The summed E-state index contributed by atoms with van der Waals surface area (Å²) in [4.78, 5) is 19.5. The predicted molar refractivity (Wildman–Crippen MR) is 90.8 cm³/mol. The van der Waals surface area contributed by atoms with E-state index in [-0.39, 0.29) is 11.9 Å². The Bertz CT molecular complexity index is 1040. The van der Waals surface area contributed by atoms with Crippen LogP contribution >= 0.6 is 0 Å². The zero-order chi connectivity index (χ0) is 17.2. The standard InChI is InChI=1S/C16H14N8O/c1-2-24-13-7-6-10(9-12(13)20-23-24)15(25)19-16-18-14(21-22-16)11-5-3-4-8-17-11/h3-9H,2H2,1H3,(H2,18,19,21,22,25). The average molecular weight is 334 g/mol. The van der Waals surface area contributed by atoms with Crippen molar-refractivity contribution in [2.75, 3.05) is 5.32 Å². The first kappa shape index (κ1) is 14.9. The zero-order valence-electron chi connectivity index (χ0n) is 13.3. The van der Waals surface area contributed by atoms with Crippen molar-refractivity contribution < 1.29 is 4.79 Å². The number of carbonyl (C=O) groups is 1. The van der Waals surface area contributed by atoms with E-state index in [1.165, 1.54) is 0 Å². The Morgan fingerprint density at radius 3 is 2.92 bits per heavy atom. The van der Waals surface area contributed by atoms with Gasteiger partial charge in [0.2, 0.25) is 5.95 Å². The highest BCUT2D eigenvalue weighted by Crippen LogP contribution is 2.16. The monoisotopic (exact) mass is 334 g/mol. The van der Waals surface area contributed by atoms with Gasteiger partial charge in [0, 0.05) is 18.3 Å². The third kappa shape index (κ3) is 2.82. The first-order chi connectivity index (χ1) is 12.2. The molecule has 0 spiro atoms. The number of H-pyrrole nitrogens is 1. The second kappa shape index (κ2) is 6.11. The van der Waals surface area contributed by atoms with Gasteiger partial charge in [-0.15, -0.1) is 15.3 Å². The molecule has 9 nitrogen and oxygen atoms in total. The number of hydrogen-bond acceptors (Lipinski definition) is 6. The largest absolute Gasteiger partial charge is 0.306 e. The van der Waals surface area contributed by atoms with Crippen molar-refractivity contribution >= 4 is 22.9 Å². The summed E-state index contributed by atoms with van der Waals surface area (Å²) < 4.78 is 1.77. The van der Waals surface area contributed by atoms with Crippen molar-refractivity contribution in [2.45, 2.75) is 13.5 Å². The minimum atomic E-state index is -0.309. The molecule has 2 N–H and O–H groups in total. The molecule has 0 saturated carbocycles. The van der Waals surface area contributed by atoms with Crippen LogP contribution < -0.4 is 5.32 Å². The lowest BCUT2D eigenvalue weighted by atomic mass is 10.2. The summed E-state index contributed by atoms with van der Waals surface area (Å²) in [5.41, 5.74) is 2.66. The summed E-state index contributed by atoms with van der Waals surface area (Å²) in [5.74, 6) is 0.428. The molecule has 3 heterocycles. The maximum Gasteiger partial charge on any atom is 0.258 e. The number of anilines is 1. The molecule has 0 aliphatic rings. The molecular formula is C16H14N8O. The van der Waals surface area contributed by atoms with Gasteiger partial charge in [-0.1, -0.05) is 11.3 Å². The number of benzene rings is 1. The normalized spacial score (nSPS) is 10.9. The quantitative estimate of drug-likeness (QED) is 0.589. The van der Waals surface area contributed by atoms with Crippen LogP contribution in [0, 0.1) is 0 Å². The molecule has 3 aromatic heterocycles. The van der Waals surface area contributed by atoms with E-state index in [4.69, 9.17) is 0 Å². The number of nitrogens with one attached hydrogen (secondary N) is 2. The number of aromatic nitrogens is 7. The molecule has 124 valence electrons. The molecule has 0 saturated heterocycles. The van der Waals surface area contributed by atoms with Crippen LogP contribution in [0.2, 0.25) is 0 Å². The Labute approximate surface area is 142 Å². The summed E-state index contributed by atoms with van der Waals surface area (Å²) in [5, 5.41) is 18.7. The van der Waals surface area contributed by atoms with Gasteiger partial charge in [-0.2, -0.15) is 0 Å². The molecule has 0 radical (unpaired) electrons. The maximum absolute atomic E-state index is 12.4. The van der Waals surface area contributed by atoms with Gasteiger partial charge in [-0.3, -0.25) is 15.1 Å². The summed E-state index contributed by atoms with van der Waals surface area (Å²) in [6.07, 6.45) is 1.66. The molecule has 4 aromatic rings. The van der Waals surface area contributed by atoms with Crippen molar-refractivity contribution in [1.29, 1.82) is 0 Å². The Morgan fingerprint density at radius 1 is 1.20 bits per heavy atom. The second-order valence-electron chi connectivity index (χ2n) is 5.30. The van der Waals surface area contributed by atoms with Crippen LogP contribution in [-0.2, 0) is 6.54 Å². The Hall–Kier alpha value is -3.62. The molecule has 25 heavy (non-hydrogen) atoms. The van der Waals surface area contributed by atoms with Crippen molar-refractivity contribution in [1.82, 2.24) is 35.2 Å². The Morgan fingerprint density at radius 2 is 2.12 bits per heavy atom. The molecule has 4 rings (SSSR count). The molecule has 0 aliphatic carbocycles. The summed E-state index contributed by atoms with van der Waals surface area (Å²) in [6.45, 7) is 2.70. The van der Waals surface area contributed by atoms with Crippen LogP contribution in [0.4, 0.5) is 5.95 Å². The van der Waals surface area contributed by atoms with Crippen molar-refractivity contribution in [3.05, 3.63) is 48.2 Å². The number of nitrogens with zero attached hydrogens (tertiary/aromatic N) is 6. The first-order valence-corrected chi connectivity index (χ1v) is 7.73. The van der Waals surface area contributed by atoms with E-state index in [0.29, 0.717) is 22.6 Å². The minimum absolute atomic E-state index is 0.253. The fraction of sp³-hybridized carbons (Fsp3) is 0.125. The predicted octanol–water partition coefficient (Wildman–Crippen LogP) is 1.88. The highest BCUT2D eigenvalue weighted by Gasteiger charge is 2.13. The van der Waals surface area contributed by atoms with Crippen LogP contribution in [0.1, 0.15) is 17.3 Å². The lowest BCUT2D eigenvalue weighted by Gasteiger charge is -2.02. The van der Waals surface area contributed by atoms with Gasteiger partial charge in [-0.05, 0) is 37.3 Å². The third-order valence-corrected chi connectivity index (χ3v) is 3.70. The van der Waals surface area contributed by atoms with Crippen LogP contribution in [0.25, 0.3) is 22.6 Å². The fourth-order valence-electron chi connectivity index (χ4n) is 2.46. The van der Waals surface area contributed by atoms with Crippen LogP contribution in [0.15, 0.2) is 42.6 Å². The minimum Gasteiger partial charge on any atom is -0.306 e. The highest BCUT2D eigenvalue weighted by molar-refractivity contribution is 6.05. The van der Waals surface area contributed by atoms with E-state index >= 15 is 0 Å². The summed E-state index contributed by atoms with van der Waals surface area (Å²) >= 11 is 0. The van der Waals surface area contributed by atoms with Crippen molar-refractivity contribution in [2.24, 2.45) is 0 Å². The van der Waals surface area contributed by atoms with Crippen LogP contribution in [0.3, 0.4) is 0 Å². The summed E-state index contributed by atoms with van der Waals surface area (Å²) in [7, 11) is 0. The molecule has 0 unspecified atom stereocenters. The third-order valence-electron chi connectivity index (χ3n) is 3.70. The molecule has 1 amide bonds.